The first-order chi connectivity index (χ1) is 38.5. The Balaban J connectivity index is 0.699. The largest absolute Gasteiger partial charge is 0.497 e. The maximum atomic E-state index is 15.1. The van der Waals surface area contributed by atoms with Crippen molar-refractivity contribution >= 4 is 40.5 Å². The Labute approximate surface area is 467 Å². The van der Waals surface area contributed by atoms with E-state index in [2.05, 4.69) is 20.0 Å². The Kier molecular flexibility index (Phi) is 18.5. The molecule has 0 aliphatic carbocycles. The average Bonchev–Trinajstić information content (AvgIpc) is 3.46. The van der Waals surface area contributed by atoms with E-state index in [4.69, 9.17) is 14.2 Å². The third kappa shape index (κ3) is 14.3. The monoisotopic (exact) mass is 1100 g/mol. The van der Waals surface area contributed by atoms with Gasteiger partial charge in [0.15, 0.2) is 0 Å². The van der Waals surface area contributed by atoms with Gasteiger partial charge in [-0.15, -0.1) is 0 Å². The molecule has 4 aliphatic heterocycles. The second-order valence-corrected chi connectivity index (χ2v) is 22.6. The summed E-state index contributed by atoms with van der Waals surface area (Å²) in [5.41, 5.74) is 2.63. The number of piperidine rings is 2. The lowest BCUT2D eigenvalue weighted by Crippen LogP contribution is -2.55. The summed E-state index contributed by atoms with van der Waals surface area (Å²) in [6, 6.07) is 24.9. The van der Waals surface area contributed by atoms with Crippen molar-refractivity contribution in [3.8, 4) is 11.5 Å². The molecule has 0 spiro atoms. The standard InChI is InChI=1S/C61H76FN9O9/c1-6-79-54-36-48(78-5)18-17-47(54)39-71(60(77)80-61(2,3)4)41-56(73)70-22-10-13-46(38-70)44-11-9-12-45(35-44)58(75)68-23-20-42(21-24-68)37-65-25-27-66(28-26-65)40-55(72)67-29-31-69(32-30-67)59(76)51-33-43(16-19-52(51)62)34-53-49-14-7-8-15-50(49)57(74)64-63-53/h7-9,11-12,14-19,33,35-36,42,46H,6,10,13,20-32,34,37-41H2,1-5H3,(H,64,74)/t46-/m0/s1. The molecule has 1 aromatic heterocycles. The molecule has 80 heavy (non-hydrogen) atoms. The van der Waals surface area contributed by atoms with E-state index in [0.29, 0.717) is 117 Å². The summed E-state index contributed by atoms with van der Waals surface area (Å²) < 4.78 is 32.2. The molecule has 1 N–H and O–H groups in total. The third-order valence-corrected chi connectivity index (χ3v) is 15.9. The van der Waals surface area contributed by atoms with E-state index in [9.17, 15) is 28.8 Å². The van der Waals surface area contributed by atoms with Crippen molar-refractivity contribution in [1.82, 2.24) is 44.5 Å². The summed E-state index contributed by atoms with van der Waals surface area (Å²) in [5, 5.41) is 7.98. The summed E-state index contributed by atoms with van der Waals surface area (Å²) in [5.74, 6) is 0.523. The lowest BCUT2D eigenvalue weighted by molar-refractivity contribution is -0.134. The van der Waals surface area contributed by atoms with Crippen LogP contribution >= 0.6 is 0 Å². The molecule has 9 rings (SSSR count). The van der Waals surface area contributed by atoms with Crippen LogP contribution in [0.1, 0.15) is 102 Å². The van der Waals surface area contributed by atoms with E-state index in [-0.39, 0.29) is 47.9 Å². The number of amides is 5. The van der Waals surface area contributed by atoms with Crippen molar-refractivity contribution < 1.29 is 42.6 Å². The number of aromatic nitrogens is 2. The number of rotatable bonds is 16. The zero-order valence-corrected chi connectivity index (χ0v) is 46.9. The number of fused-ring (bicyclic) bond motifs is 1. The maximum Gasteiger partial charge on any atom is 0.411 e. The molecule has 5 amide bonds. The topological polar surface area (TPSA) is 181 Å². The molecule has 5 aromatic rings. The molecule has 4 aliphatic rings. The molecule has 4 fully saturated rings. The van der Waals surface area contributed by atoms with Crippen molar-refractivity contribution in [1.29, 1.82) is 0 Å². The Bertz CT molecular complexity index is 3090. The number of aromatic amines is 1. The van der Waals surface area contributed by atoms with Crippen LogP contribution < -0.4 is 15.0 Å². The van der Waals surface area contributed by atoms with E-state index in [1.54, 1.807) is 74.1 Å². The van der Waals surface area contributed by atoms with Crippen LogP contribution in [0.2, 0.25) is 0 Å². The van der Waals surface area contributed by atoms with Gasteiger partial charge < -0.3 is 38.7 Å². The van der Waals surface area contributed by atoms with Gasteiger partial charge in [-0.25, -0.2) is 14.3 Å². The molecule has 4 saturated heterocycles. The second-order valence-electron chi connectivity index (χ2n) is 22.6. The number of piperazine rings is 2. The first-order valence-electron chi connectivity index (χ1n) is 28.2. The van der Waals surface area contributed by atoms with Gasteiger partial charge in [0.25, 0.3) is 17.4 Å². The third-order valence-electron chi connectivity index (χ3n) is 15.9. The first kappa shape index (κ1) is 57.3. The molecular weight excluding hydrogens is 1020 g/mol. The van der Waals surface area contributed by atoms with Crippen molar-refractivity contribution in [2.75, 3.05) is 112 Å². The molecule has 0 radical (unpaired) electrons. The molecule has 0 bridgehead atoms. The number of hydrogen-bond donors (Lipinski definition) is 1. The minimum Gasteiger partial charge on any atom is -0.497 e. The first-order valence-corrected chi connectivity index (χ1v) is 28.2. The number of halogens is 1. The summed E-state index contributed by atoms with van der Waals surface area (Å²) in [4.78, 5) is 94.3. The Morgan fingerprint density at radius 3 is 2.17 bits per heavy atom. The Morgan fingerprint density at radius 2 is 1.45 bits per heavy atom. The highest BCUT2D eigenvalue weighted by molar-refractivity contribution is 5.95. The number of likely N-dealkylation sites (tertiary alicyclic amines) is 2. The van der Waals surface area contributed by atoms with Crippen LogP contribution in [0.3, 0.4) is 0 Å². The fourth-order valence-corrected chi connectivity index (χ4v) is 11.4. The molecule has 4 aromatic carbocycles. The number of ether oxygens (including phenoxy) is 3. The van der Waals surface area contributed by atoms with E-state index < -0.39 is 23.4 Å². The minimum atomic E-state index is -0.762. The van der Waals surface area contributed by atoms with Crippen molar-refractivity contribution in [2.45, 2.75) is 77.9 Å². The van der Waals surface area contributed by atoms with Gasteiger partial charge in [-0.3, -0.25) is 33.8 Å². The molecule has 426 valence electrons. The van der Waals surface area contributed by atoms with E-state index >= 15 is 4.39 Å². The quantitative estimate of drug-likeness (QED) is 0.111. The number of hydrogen-bond acceptors (Lipinski definition) is 12. The van der Waals surface area contributed by atoms with E-state index in [0.717, 1.165) is 69.5 Å². The van der Waals surface area contributed by atoms with Crippen LogP contribution in [0.25, 0.3) is 10.8 Å². The Morgan fingerprint density at radius 1 is 0.738 bits per heavy atom. The SMILES string of the molecule is CCOc1cc(OC)ccc1CN(CC(=O)N1CCC[C@H](c2cccc(C(=O)N3CCC(CN4CCN(CC(=O)N5CCN(C(=O)c6cc(Cc7n[nH]c(=O)c8ccccc78)ccc6F)CC5)CC4)CC3)c2)C1)C(=O)OC(C)(C)C. The number of methoxy groups -OCH3 is 1. The van der Waals surface area contributed by atoms with E-state index in [1.165, 1.54) is 11.0 Å². The minimum absolute atomic E-state index is 0.0181. The van der Waals surface area contributed by atoms with Crippen LogP contribution in [0.4, 0.5) is 9.18 Å². The molecule has 0 saturated carbocycles. The fourth-order valence-electron chi connectivity index (χ4n) is 11.4. The number of nitrogens with zero attached hydrogens (tertiary/aromatic N) is 8. The molecular formula is C61H76FN9O9. The van der Waals surface area contributed by atoms with Gasteiger partial charge in [0.2, 0.25) is 11.8 Å². The van der Waals surface area contributed by atoms with Crippen LogP contribution in [0, 0.1) is 11.7 Å². The Hall–Kier alpha value is -7.38. The van der Waals surface area contributed by atoms with Gasteiger partial charge in [0.05, 0.1) is 43.4 Å². The molecule has 18 nitrogen and oxygen atoms in total. The number of H-pyrrole nitrogens is 1. The number of nitrogens with one attached hydrogen (secondary N) is 1. The zero-order chi connectivity index (χ0) is 56.5. The van der Waals surface area contributed by atoms with Crippen molar-refractivity contribution in [3.05, 3.63) is 135 Å². The highest BCUT2D eigenvalue weighted by atomic mass is 19.1. The predicted octanol–water partition coefficient (Wildman–Crippen LogP) is 6.66. The molecule has 0 unspecified atom stereocenters. The fraction of sp³-hybridized carbons (Fsp3) is 0.492. The number of carbonyl (C=O) groups is 5. The van der Waals surface area contributed by atoms with E-state index in [1.807, 2.05) is 59.2 Å². The van der Waals surface area contributed by atoms with Crippen LogP contribution in [-0.2, 0) is 27.3 Å². The van der Waals surface area contributed by atoms with Gasteiger partial charge in [0.1, 0.15) is 29.5 Å². The van der Waals surface area contributed by atoms with Crippen molar-refractivity contribution in [2.24, 2.45) is 5.92 Å². The second kappa shape index (κ2) is 25.8. The lowest BCUT2D eigenvalue weighted by Gasteiger charge is -2.40. The summed E-state index contributed by atoms with van der Waals surface area (Å²) >= 11 is 0. The normalized spacial score (nSPS) is 17.8. The molecule has 5 heterocycles. The van der Waals surface area contributed by atoms with Gasteiger partial charge in [-0.2, -0.15) is 5.10 Å². The maximum absolute atomic E-state index is 15.1. The number of carbonyl (C=O) groups excluding carboxylic acids is 5. The summed E-state index contributed by atoms with van der Waals surface area (Å²) in [7, 11) is 1.58. The lowest BCUT2D eigenvalue weighted by atomic mass is 9.89. The predicted molar refractivity (Wildman–Crippen MR) is 301 cm³/mol. The van der Waals surface area contributed by atoms with Crippen molar-refractivity contribution in [3.63, 3.8) is 0 Å². The molecule has 1 atom stereocenters. The molecule has 19 heteroatoms. The van der Waals surface area contributed by atoms with Gasteiger partial charge in [-0.1, -0.05) is 36.4 Å². The van der Waals surface area contributed by atoms with Gasteiger partial charge in [-0.05, 0) is 113 Å². The highest BCUT2D eigenvalue weighted by Gasteiger charge is 2.33. The van der Waals surface area contributed by atoms with Crippen LogP contribution in [0.15, 0.2) is 89.7 Å². The van der Waals surface area contributed by atoms with Crippen LogP contribution in [-0.4, -0.2) is 192 Å². The smallest absolute Gasteiger partial charge is 0.411 e. The highest BCUT2D eigenvalue weighted by Crippen LogP contribution is 2.31. The summed E-state index contributed by atoms with van der Waals surface area (Å²) in [6.07, 6.45) is 3.20. The zero-order valence-electron chi connectivity index (χ0n) is 46.9. The average molecular weight is 1100 g/mol. The number of benzene rings is 4. The van der Waals surface area contributed by atoms with Gasteiger partial charge in [0, 0.05) is 120 Å². The van der Waals surface area contributed by atoms with Crippen LogP contribution in [0.5, 0.6) is 11.5 Å². The van der Waals surface area contributed by atoms with Gasteiger partial charge >= 0.3 is 6.09 Å². The summed E-state index contributed by atoms with van der Waals surface area (Å²) in [6.45, 7) is 15.9.